The van der Waals surface area contributed by atoms with E-state index >= 15 is 0 Å². The van der Waals surface area contributed by atoms with E-state index in [1.807, 2.05) is 6.92 Å². The summed E-state index contributed by atoms with van der Waals surface area (Å²) in [5.41, 5.74) is 0. The van der Waals surface area contributed by atoms with E-state index in [2.05, 4.69) is 6.92 Å². The molecule has 2 unspecified atom stereocenters. The van der Waals surface area contributed by atoms with Gasteiger partial charge in [0.1, 0.15) is 0 Å². The van der Waals surface area contributed by atoms with Gasteiger partial charge in [0.05, 0.1) is 11.4 Å². The summed E-state index contributed by atoms with van der Waals surface area (Å²) in [6.07, 6.45) is 22.3. The number of hydrogen-bond donors (Lipinski definition) is 2. The van der Waals surface area contributed by atoms with Crippen LogP contribution in [0.25, 0.3) is 0 Å². The molecule has 176 valence electrons. The van der Waals surface area contributed by atoms with Crippen molar-refractivity contribution in [3.8, 4) is 0 Å². The topological polar surface area (TPSA) is 74.6 Å². The van der Waals surface area contributed by atoms with E-state index in [1.165, 1.54) is 64.2 Å². The molecule has 0 bridgehead atoms. The monoisotopic (exact) mass is 434 g/mol. The van der Waals surface area contributed by atoms with Gasteiger partial charge in [-0.25, -0.2) is 0 Å². The molecule has 0 radical (unpaired) electrons. The van der Waals surface area contributed by atoms with Crippen molar-refractivity contribution in [2.45, 2.75) is 154 Å². The van der Waals surface area contributed by atoms with Crippen LogP contribution in [0, 0.1) is 0 Å². The average Bonchev–Trinajstić information content (AvgIpc) is 2.65. The number of hydrogen-bond acceptors (Lipinski definition) is 3. The van der Waals surface area contributed by atoms with E-state index in [1.54, 1.807) is 0 Å². The van der Waals surface area contributed by atoms with Crippen molar-refractivity contribution in [3.05, 3.63) is 0 Å². The summed E-state index contributed by atoms with van der Waals surface area (Å²) >= 11 is 0. The van der Waals surface area contributed by atoms with Crippen molar-refractivity contribution < 1.29 is 18.1 Å². The van der Waals surface area contributed by atoms with Crippen molar-refractivity contribution in [1.29, 1.82) is 0 Å². The van der Waals surface area contributed by atoms with Crippen molar-refractivity contribution in [1.82, 2.24) is 0 Å². The normalized spacial score (nSPS) is 14.2. The van der Waals surface area contributed by atoms with E-state index in [9.17, 15) is 18.1 Å². The predicted molar refractivity (Wildman–Crippen MR) is 125 cm³/mol. The lowest BCUT2D eigenvalue weighted by Gasteiger charge is -2.13. The van der Waals surface area contributed by atoms with Gasteiger partial charge in [0, 0.05) is 0 Å². The molecule has 0 aromatic heterocycles. The maximum Gasteiger partial charge on any atom is 0.267 e. The van der Waals surface area contributed by atoms with Crippen LogP contribution in [0.15, 0.2) is 0 Å². The Bertz CT molecular complexity index is 434. The highest BCUT2D eigenvalue weighted by molar-refractivity contribution is 7.86. The molecule has 4 nitrogen and oxygen atoms in total. The lowest BCUT2D eigenvalue weighted by Crippen LogP contribution is -2.20. The third-order valence-corrected chi connectivity index (χ3v) is 7.26. The number of unbranched alkanes of at least 4 members (excludes halogenated alkanes) is 15. The zero-order valence-corrected chi connectivity index (χ0v) is 20.2. The second-order valence-electron chi connectivity index (χ2n) is 9.01. The Kier molecular flexibility index (Phi) is 19.7. The fourth-order valence-electron chi connectivity index (χ4n) is 4.00. The molecule has 0 aromatic rings. The van der Waals surface area contributed by atoms with Crippen LogP contribution in [0.5, 0.6) is 0 Å². The summed E-state index contributed by atoms with van der Waals surface area (Å²) in [4.78, 5) is 0. The van der Waals surface area contributed by atoms with Gasteiger partial charge in [0.15, 0.2) is 0 Å². The molecular formula is C24H50O4S. The molecule has 0 rings (SSSR count). The van der Waals surface area contributed by atoms with Crippen LogP contribution in [-0.2, 0) is 10.1 Å². The smallest absolute Gasteiger partial charge is 0.267 e. The second kappa shape index (κ2) is 19.8. The maximum atomic E-state index is 11.5. The van der Waals surface area contributed by atoms with E-state index in [0.717, 1.165) is 51.4 Å². The first-order chi connectivity index (χ1) is 13.9. The van der Waals surface area contributed by atoms with Gasteiger partial charge in [-0.3, -0.25) is 4.55 Å². The molecule has 0 aliphatic heterocycles. The Morgan fingerprint density at radius 1 is 0.586 bits per heavy atom. The van der Waals surface area contributed by atoms with E-state index in [4.69, 9.17) is 0 Å². The first-order valence-corrected chi connectivity index (χ1v) is 14.0. The molecule has 0 saturated heterocycles. The highest BCUT2D eigenvalue weighted by atomic mass is 32.2. The first-order valence-electron chi connectivity index (χ1n) is 12.5. The Labute approximate surface area is 182 Å². The molecule has 0 aromatic carbocycles. The zero-order chi connectivity index (χ0) is 21.8. The molecule has 0 aliphatic rings. The molecule has 5 heteroatoms. The number of aliphatic hydroxyl groups excluding tert-OH is 1. The van der Waals surface area contributed by atoms with E-state index < -0.39 is 15.4 Å². The van der Waals surface area contributed by atoms with Gasteiger partial charge in [-0.15, -0.1) is 0 Å². The molecular weight excluding hydrogens is 384 g/mol. The quantitative estimate of drug-likeness (QED) is 0.137. The lowest BCUT2D eigenvalue weighted by atomic mass is 10.0. The van der Waals surface area contributed by atoms with Crippen LogP contribution < -0.4 is 0 Å². The van der Waals surface area contributed by atoms with Crippen molar-refractivity contribution >= 4 is 10.1 Å². The van der Waals surface area contributed by atoms with Gasteiger partial charge < -0.3 is 5.11 Å². The molecule has 0 fully saturated rings. The minimum atomic E-state index is -3.89. The predicted octanol–water partition coefficient (Wildman–Crippen LogP) is 7.45. The Morgan fingerprint density at radius 3 is 1.21 bits per heavy atom. The van der Waals surface area contributed by atoms with Gasteiger partial charge in [0.25, 0.3) is 10.1 Å². The largest absolute Gasteiger partial charge is 0.393 e. The minimum absolute atomic E-state index is 0.144. The summed E-state index contributed by atoms with van der Waals surface area (Å²) in [7, 11) is -3.89. The highest BCUT2D eigenvalue weighted by Gasteiger charge is 2.21. The summed E-state index contributed by atoms with van der Waals surface area (Å²) in [5, 5.41) is 8.66. The summed E-state index contributed by atoms with van der Waals surface area (Å²) in [6, 6.07) is 0. The third-order valence-electron chi connectivity index (χ3n) is 5.95. The van der Waals surface area contributed by atoms with Crippen LogP contribution in [0.2, 0.25) is 0 Å². The SMILES string of the molecule is CCCCCCC(CCCCCCCCCCCCCCCC(C)O)S(=O)(=O)O. The van der Waals surface area contributed by atoms with Gasteiger partial charge in [-0.1, -0.05) is 116 Å². The van der Waals surface area contributed by atoms with Crippen LogP contribution in [-0.4, -0.2) is 29.4 Å². The molecule has 29 heavy (non-hydrogen) atoms. The van der Waals surface area contributed by atoms with Crippen LogP contribution in [0.4, 0.5) is 0 Å². The maximum absolute atomic E-state index is 11.5. The van der Waals surface area contributed by atoms with Crippen LogP contribution >= 0.6 is 0 Å². The minimum Gasteiger partial charge on any atom is -0.393 e. The van der Waals surface area contributed by atoms with E-state index in [0.29, 0.717) is 12.8 Å². The molecule has 2 atom stereocenters. The summed E-state index contributed by atoms with van der Waals surface area (Å²) in [5.74, 6) is 0. The number of aliphatic hydroxyl groups is 1. The summed E-state index contributed by atoms with van der Waals surface area (Å²) < 4.78 is 32.5. The lowest BCUT2D eigenvalue weighted by molar-refractivity contribution is 0.180. The van der Waals surface area contributed by atoms with Crippen molar-refractivity contribution in [3.63, 3.8) is 0 Å². The fourth-order valence-corrected chi connectivity index (χ4v) is 4.93. The Morgan fingerprint density at radius 2 is 0.897 bits per heavy atom. The molecule has 0 aliphatic carbocycles. The van der Waals surface area contributed by atoms with Crippen LogP contribution in [0.3, 0.4) is 0 Å². The molecule has 0 amide bonds. The Hall–Kier alpha value is -0.130. The van der Waals surface area contributed by atoms with Crippen molar-refractivity contribution in [2.24, 2.45) is 0 Å². The third kappa shape index (κ3) is 20.9. The molecule has 0 saturated carbocycles. The van der Waals surface area contributed by atoms with Crippen LogP contribution in [0.1, 0.15) is 142 Å². The standard InChI is InChI=1S/C24H50O4S/c1-3-4-5-18-21-24(29(26,27)28)22-19-16-14-12-10-8-6-7-9-11-13-15-17-20-23(2)25/h23-25H,3-22H2,1-2H3,(H,26,27,28). The highest BCUT2D eigenvalue weighted by Crippen LogP contribution is 2.19. The van der Waals surface area contributed by atoms with Gasteiger partial charge in [0.2, 0.25) is 0 Å². The fraction of sp³-hybridized carbons (Fsp3) is 1.00. The molecule has 0 heterocycles. The van der Waals surface area contributed by atoms with Gasteiger partial charge in [-0.2, -0.15) is 8.42 Å². The molecule has 2 N–H and O–H groups in total. The molecule has 0 spiro atoms. The second-order valence-corrected chi connectivity index (χ2v) is 10.7. The van der Waals surface area contributed by atoms with Gasteiger partial charge in [-0.05, 0) is 26.2 Å². The average molecular weight is 435 g/mol. The van der Waals surface area contributed by atoms with Crippen molar-refractivity contribution in [2.75, 3.05) is 0 Å². The first kappa shape index (κ1) is 28.9. The summed E-state index contributed by atoms with van der Waals surface area (Å²) in [6.45, 7) is 4.01. The van der Waals surface area contributed by atoms with Gasteiger partial charge >= 0.3 is 0 Å². The van der Waals surface area contributed by atoms with E-state index in [-0.39, 0.29) is 6.10 Å². The zero-order valence-electron chi connectivity index (χ0n) is 19.4. The number of rotatable bonds is 22. The Balaban J connectivity index is 3.45.